The first-order valence-corrected chi connectivity index (χ1v) is 11.3. The van der Waals surface area contributed by atoms with E-state index < -0.39 is 0 Å². The number of aryl methyl sites for hydroxylation is 1. The van der Waals surface area contributed by atoms with Gasteiger partial charge in [-0.2, -0.15) is 5.10 Å². The highest BCUT2D eigenvalue weighted by Crippen LogP contribution is 2.41. The Hall–Kier alpha value is -3.49. The molecule has 2 N–H and O–H groups in total. The minimum absolute atomic E-state index is 0.0920. The number of hydrogen-bond donors (Lipinski definition) is 1. The number of carbonyl (C=O) groups is 1. The van der Waals surface area contributed by atoms with E-state index in [1.54, 1.807) is 24.2 Å². The van der Waals surface area contributed by atoms with Crippen molar-refractivity contribution < 1.29 is 9.18 Å². The molecule has 1 fully saturated rings. The Morgan fingerprint density at radius 3 is 2.82 bits per heavy atom. The van der Waals surface area contributed by atoms with Gasteiger partial charge in [0.2, 0.25) is 0 Å². The third-order valence-corrected chi connectivity index (χ3v) is 6.57. The average molecular weight is 450 g/mol. The third kappa shape index (κ3) is 3.42. The second kappa shape index (κ2) is 7.83. The van der Waals surface area contributed by atoms with Crippen LogP contribution in [0, 0.1) is 12.7 Å². The molecule has 2 aliphatic rings. The van der Waals surface area contributed by atoms with Crippen molar-refractivity contribution in [3.63, 3.8) is 0 Å². The molecule has 2 aliphatic heterocycles. The van der Waals surface area contributed by atoms with Gasteiger partial charge in [-0.3, -0.25) is 9.48 Å². The normalized spacial score (nSPS) is 18.0. The molecule has 0 saturated carbocycles. The summed E-state index contributed by atoms with van der Waals surface area (Å²) >= 11 is 0. The van der Waals surface area contributed by atoms with E-state index in [2.05, 4.69) is 23.7 Å². The zero-order valence-electron chi connectivity index (χ0n) is 19.3. The lowest BCUT2D eigenvalue weighted by atomic mass is 9.96. The maximum atomic E-state index is 14.4. The standard InChI is InChI=1S/C24H28FN7O/c1-13(2)32-20-12-30(4)24(33)16-8-7-15(25)10-17(16)19-6-5-9-31(19)23-22(26)27-11-18(28-23)21(20)14(3)29-32/h7-8,10-11,13,19H,5-6,9,12H2,1-4H3,(H2,26,27)/t19-/m1/s1. The molecule has 8 nitrogen and oxygen atoms in total. The fraction of sp³-hybridized carbons (Fsp3) is 0.417. The van der Waals surface area contributed by atoms with E-state index in [0.29, 0.717) is 41.5 Å². The average Bonchev–Trinajstić information content (AvgIpc) is 3.38. The molecule has 4 heterocycles. The summed E-state index contributed by atoms with van der Waals surface area (Å²) in [5.74, 6) is 0.362. The molecule has 1 atom stereocenters. The van der Waals surface area contributed by atoms with Crippen LogP contribution >= 0.6 is 0 Å². The Morgan fingerprint density at radius 1 is 1.27 bits per heavy atom. The first-order valence-electron chi connectivity index (χ1n) is 11.3. The van der Waals surface area contributed by atoms with Gasteiger partial charge in [0, 0.05) is 30.8 Å². The molecule has 2 aromatic heterocycles. The third-order valence-electron chi connectivity index (χ3n) is 6.57. The molecule has 1 aromatic carbocycles. The molecular formula is C24H28FN7O. The number of anilines is 2. The van der Waals surface area contributed by atoms with Crippen molar-refractivity contribution >= 4 is 17.5 Å². The minimum atomic E-state index is -0.369. The van der Waals surface area contributed by atoms with Gasteiger partial charge in [0.1, 0.15) is 5.82 Å². The maximum Gasteiger partial charge on any atom is 0.254 e. The van der Waals surface area contributed by atoms with Gasteiger partial charge in [0.05, 0.1) is 35.9 Å². The molecule has 33 heavy (non-hydrogen) atoms. The highest BCUT2D eigenvalue weighted by molar-refractivity contribution is 5.96. The van der Waals surface area contributed by atoms with Crippen LogP contribution in [0.5, 0.6) is 0 Å². The molecular weight excluding hydrogens is 421 g/mol. The van der Waals surface area contributed by atoms with Crippen molar-refractivity contribution in [3.8, 4) is 11.3 Å². The number of nitrogens with zero attached hydrogens (tertiary/aromatic N) is 6. The highest BCUT2D eigenvalue weighted by atomic mass is 19.1. The van der Waals surface area contributed by atoms with Crippen LogP contribution in [-0.2, 0) is 6.54 Å². The van der Waals surface area contributed by atoms with E-state index in [1.807, 2.05) is 11.6 Å². The number of hydrogen-bond acceptors (Lipinski definition) is 6. The predicted octanol–water partition coefficient (Wildman–Crippen LogP) is 3.88. The first-order chi connectivity index (χ1) is 15.8. The molecule has 1 saturated heterocycles. The highest BCUT2D eigenvalue weighted by Gasteiger charge is 2.34. The Morgan fingerprint density at radius 2 is 2.06 bits per heavy atom. The van der Waals surface area contributed by atoms with Crippen molar-refractivity contribution in [2.45, 2.75) is 52.2 Å². The largest absolute Gasteiger partial charge is 0.381 e. The van der Waals surface area contributed by atoms with Gasteiger partial charge in [-0.1, -0.05) is 0 Å². The van der Waals surface area contributed by atoms with Crippen LogP contribution in [-0.4, -0.2) is 44.1 Å². The number of nitrogens with two attached hydrogens (primary N) is 1. The molecule has 9 heteroatoms. The second-order valence-corrected chi connectivity index (χ2v) is 9.15. The summed E-state index contributed by atoms with van der Waals surface area (Å²) < 4.78 is 16.3. The molecule has 1 amide bonds. The van der Waals surface area contributed by atoms with E-state index in [0.717, 1.165) is 29.8 Å². The summed E-state index contributed by atoms with van der Waals surface area (Å²) in [6.45, 7) is 7.08. The lowest BCUT2D eigenvalue weighted by molar-refractivity contribution is 0.0779. The van der Waals surface area contributed by atoms with E-state index in [4.69, 9.17) is 15.8 Å². The van der Waals surface area contributed by atoms with Crippen LogP contribution in [0.25, 0.3) is 11.3 Å². The van der Waals surface area contributed by atoms with Gasteiger partial charge in [-0.25, -0.2) is 14.4 Å². The zero-order chi connectivity index (χ0) is 23.4. The van der Waals surface area contributed by atoms with Crippen molar-refractivity contribution in [1.29, 1.82) is 0 Å². The zero-order valence-corrected chi connectivity index (χ0v) is 19.3. The number of rotatable bonds is 1. The van der Waals surface area contributed by atoms with E-state index in [-0.39, 0.29) is 23.8 Å². The quantitative estimate of drug-likeness (QED) is 0.606. The SMILES string of the molecule is Cc1nn(C(C)C)c2c1-c1cnc(N)c(n1)N1CCC[C@@H]1c1cc(F)ccc1C(=O)N(C)C2. The molecule has 0 aliphatic carbocycles. The summed E-state index contributed by atoms with van der Waals surface area (Å²) in [4.78, 5) is 26.8. The molecule has 0 radical (unpaired) electrons. The first kappa shape index (κ1) is 21.4. The second-order valence-electron chi connectivity index (χ2n) is 9.15. The van der Waals surface area contributed by atoms with Crippen LogP contribution in [0.3, 0.4) is 0 Å². The van der Waals surface area contributed by atoms with Gasteiger partial charge >= 0.3 is 0 Å². The Balaban J connectivity index is 1.80. The van der Waals surface area contributed by atoms with Crippen LogP contribution < -0.4 is 10.6 Å². The summed E-state index contributed by atoms with van der Waals surface area (Å²) in [5, 5.41) is 4.76. The molecule has 0 spiro atoms. The molecule has 5 rings (SSSR count). The summed E-state index contributed by atoms with van der Waals surface area (Å²) in [6.07, 6.45) is 3.32. The number of nitrogen functional groups attached to an aromatic ring is 1. The summed E-state index contributed by atoms with van der Waals surface area (Å²) in [5.41, 5.74) is 10.7. The predicted molar refractivity (Wildman–Crippen MR) is 124 cm³/mol. The van der Waals surface area contributed by atoms with Gasteiger partial charge in [-0.15, -0.1) is 0 Å². The molecule has 2 bridgehead atoms. The van der Waals surface area contributed by atoms with E-state index >= 15 is 0 Å². The van der Waals surface area contributed by atoms with Gasteiger partial charge in [-0.05, 0) is 57.4 Å². The summed E-state index contributed by atoms with van der Waals surface area (Å²) in [6, 6.07) is 4.28. The van der Waals surface area contributed by atoms with Crippen molar-refractivity contribution in [2.75, 3.05) is 24.2 Å². The lowest BCUT2D eigenvalue weighted by Gasteiger charge is -2.30. The number of benzene rings is 1. The molecule has 0 unspecified atom stereocenters. The van der Waals surface area contributed by atoms with Crippen LogP contribution in [0.15, 0.2) is 24.4 Å². The van der Waals surface area contributed by atoms with Crippen molar-refractivity contribution in [1.82, 2.24) is 24.6 Å². The van der Waals surface area contributed by atoms with Gasteiger partial charge in [0.25, 0.3) is 5.91 Å². The van der Waals surface area contributed by atoms with Gasteiger partial charge in [0.15, 0.2) is 11.6 Å². The fourth-order valence-electron chi connectivity index (χ4n) is 5.08. The van der Waals surface area contributed by atoms with Crippen molar-refractivity contribution in [2.24, 2.45) is 0 Å². The number of carbonyl (C=O) groups excluding carboxylic acids is 1. The molecule has 172 valence electrons. The number of amides is 1. The maximum absolute atomic E-state index is 14.4. The number of halogens is 1. The van der Waals surface area contributed by atoms with Gasteiger partial charge < -0.3 is 15.5 Å². The minimum Gasteiger partial charge on any atom is -0.381 e. The van der Waals surface area contributed by atoms with E-state index in [1.165, 1.54) is 12.1 Å². The smallest absolute Gasteiger partial charge is 0.254 e. The van der Waals surface area contributed by atoms with Crippen LogP contribution in [0.2, 0.25) is 0 Å². The Bertz CT molecular complexity index is 1250. The Labute approximate surface area is 192 Å². The number of fused-ring (bicyclic) bond motifs is 8. The monoisotopic (exact) mass is 449 g/mol. The van der Waals surface area contributed by atoms with Crippen LogP contribution in [0.4, 0.5) is 16.0 Å². The summed E-state index contributed by atoms with van der Waals surface area (Å²) in [7, 11) is 1.77. The topological polar surface area (TPSA) is 93.2 Å². The fourth-order valence-corrected chi connectivity index (χ4v) is 5.08. The Kier molecular flexibility index (Phi) is 5.07. The van der Waals surface area contributed by atoms with Crippen molar-refractivity contribution in [3.05, 3.63) is 52.7 Å². The lowest BCUT2D eigenvalue weighted by Crippen LogP contribution is -2.32. The number of aromatic nitrogens is 4. The van der Waals surface area contributed by atoms with Crippen LogP contribution in [0.1, 0.15) is 66.1 Å². The molecule has 3 aromatic rings. The van der Waals surface area contributed by atoms with E-state index in [9.17, 15) is 9.18 Å².